The maximum Gasteiger partial charge on any atom is 0.169 e. The van der Waals surface area contributed by atoms with Crippen molar-refractivity contribution in [2.45, 2.75) is 44.7 Å². The van der Waals surface area contributed by atoms with Crippen LogP contribution in [0.1, 0.15) is 37.7 Å². The number of piperazine rings is 1. The molecule has 22 heavy (non-hydrogen) atoms. The maximum atomic E-state index is 5.61. The SMILES string of the molecule is S=C(NC1CCCCC1)N1CCN(Cc2ccncc2)CC1. The van der Waals surface area contributed by atoms with Gasteiger partial charge in [-0.2, -0.15) is 0 Å². The van der Waals surface area contributed by atoms with Crippen molar-refractivity contribution in [2.24, 2.45) is 0 Å². The first kappa shape index (κ1) is 15.7. The van der Waals surface area contributed by atoms with Crippen LogP contribution in [0.2, 0.25) is 0 Å². The molecular formula is C17H26N4S. The van der Waals surface area contributed by atoms with E-state index in [1.54, 1.807) is 0 Å². The Bertz CT molecular complexity index is 465. The van der Waals surface area contributed by atoms with E-state index in [-0.39, 0.29) is 0 Å². The topological polar surface area (TPSA) is 31.4 Å². The third kappa shape index (κ3) is 4.40. The van der Waals surface area contributed by atoms with Gasteiger partial charge in [-0.3, -0.25) is 9.88 Å². The van der Waals surface area contributed by atoms with Gasteiger partial charge in [-0.05, 0) is 42.8 Å². The summed E-state index contributed by atoms with van der Waals surface area (Å²) in [4.78, 5) is 8.91. The van der Waals surface area contributed by atoms with Crippen molar-refractivity contribution in [3.05, 3.63) is 30.1 Å². The van der Waals surface area contributed by atoms with Crippen LogP contribution in [0, 0.1) is 0 Å². The molecule has 120 valence electrons. The summed E-state index contributed by atoms with van der Waals surface area (Å²) in [7, 11) is 0. The van der Waals surface area contributed by atoms with Gasteiger partial charge in [0, 0.05) is 51.2 Å². The fraction of sp³-hybridized carbons (Fsp3) is 0.647. The Morgan fingerprint density at radius 3 is 2.45 bits per heavy atom. The fourth-order valence-electron chi connectivity index (χ4n) is 3.37. The molecule has 0 atom stereocenters. The third-order valence-electron chi connectivity index (χ3n) is 4.75. The summed E-state index contributed by atoms with van der Waals surface area (Å²) in [6.45, 7) is 5.23. The first-order chi connectivity index (χ1) is 10.8. The molecule has 1 N–H and O–H groups in total. The van der Waals surface area contributed by atoms with Crippen LogP contribution in [0.25, 0.3) is 0 Å². The normalized spacial score (nSPS) is 20.8. The van der Waals surface area contributed by atoms with Crippen LogP contribution in [0.4, 0.5) is 0 Å². The number of pyridine rings is 1. The summed E-state index contributed by atoms with van der Waals surface area (Å²) in [6, 6.07) is 4.81. The van der Waals surface area contributed by atoms with Crippen LogP contribution in [0.3, 0.4) is 0 Å². The Morgan fingerprint density at radius 2 is 1.77 bits per heavy atom. The molecule has 1 saturated heterocycles. The van der Waals surface area contributed by atoms with Gasteiger partial charge in [0.15, 0.2) is 5.11 Å². The van der Waals surface area contributed by atoms with E-state index in [0.29, 0.717) is 6.04 Å². The molecule has 3 rings (SSSR count). The Morgan fingerprint density at radius 1 is 1.09 bits per heavy atom. The lowest BCUT2D eigenvalue weighted by Crippen LogP contribution is -2.53. The smallest absolute Gasteiger partial charge is 0.169 e. The van der Waals surface area contributed by atoms with Crippen LogP contribution < -0.4 is 5.32 Å². The van der Waals surface area contributed by atoms with E-state index in [0.717, 1.165) is 37.8 Å². The Labute approximate surface area is 138 Å². The lowest BCUT2D eigenvalue weighted by atomic mass is 9.96. The highest BCUT2D eigenvalue weighted by atomic mass is 32.1. The minimum Gasteiger partial charge on any atom is -0.360 e. The molecule has 0 aromatic carbocycles. The number of rotatable bonds is 3. The van der Waals surface area contributed by atoms with Gasteiger partial charge in [-0.15, -0.1) is 0 Å². The van der Waals surface area contributed by atoms with E-state index >= 15 is 0 Å². The van der Waals surface area contributed by atoms with E-state index in [2.05, 4.69) is 32.2 Å². The van der Waals surface area contributed by atoms with Crippen molar-refractivity contribution < 1.29 is 0 Å². The molecule has 5 heteroatoms. The molecule has 4 nitrogen and oxygen atoms in total. The molecule has 0 spiro atoms. The second-order valence-electron chi connectivity index (χ2n) is 6.40. The largest absolute Gasteiger partial charge is 0.360 e. The molecule has 1 aliphatic heterocycles. The molecule has 2 fully saturated rings. The first-order valence-electron chi connectivity index (χ1n) is 8.48. The highest BCUT2D eigenvalue weighted by Crippen LogP contribution is 2.18. The van der Waals surface area contributed by atoms with Crippen molar-refractivity contribution in [3.63, 3.8) is 0 Å². The van der Waals surface area contributed by atoms with Crippen molar-refractivity contribution in [1.82, 2.24) is 20.1 Å². The van der Waals surface area contributed by atoms with E-state index in [1.165, 1.54) is 37.7 Å². The van der Waals surface area contributed by atoms with Gasteiger partial charge in [0.2, 0.25) is 0 Å². The average molecular weight is 318 g/mol. The molecule has 0 bridgehead atoms. The van der Waals surface area contributed by atoms with Gasteiger partial charge < -0.3 is 10.2 Å². The molecule has 0 radical (unpaired) electrons. The number of aromatic nitrogens is 1. The van der Waals surface area contributed by atoms with Crippen molar-refractivity contribution in [1.29, 1.82) is 0 Å². The summed E-state index contributed by atoms with van der Waals surface area (Å²) in [5, 5.41) is 4.55. The molecule has 0 unspecified atom stereocenters. The second-order valence-corrected chi connectivity index (χ2v) is 6.79. The van der Waals surface area contributed by atoms with E-state index in [9.17, 15) is 0 Å². The summed E-state index contributed by atoms with van der Waals surface area (Å²) in [5.74, 6) is 0. The maximum absolute atomic E-state index is 5.61. The number of nitrogens with zero attached hydrogens (tertiary/aromatic N) is 3. The Balaban J connectivity index is 1.42. The van der Waals surface area contributed by atoms with Crippen molar-refractivity contribution in [3.8, 4) is 0 Å². The highest BCUT2D eigenvalue weighted by molar-refractivity contribution is 7.80. The molecule has 1 aliphatic carbocycles. The predicted octanol–water partition coefficient (Wildman–Crippen LogP) is 2.41. The molecular weight excluding hydrogens is 292 g/mol. The zero-order valence-corrected chi connectivity index (χ0v) is 14.0. The summed E-state index contributed by atoms with van der Waals surface area (Å²) < 4.78 is 0. The first-order valence-corrected chi connectivity index (χ1v) is 8.89. The van der Waals surface area contributed by atoms with Crippen LogP contribution in [-0.2, 0) is 6.54 Å². The predicted molar refractivity (Wildman–Crippen MR) is 93.7 cm³/mol. The van der Waals surface area contributed by atoms with Gasteiger partial charge in [0.1, 0.15) is 0 Å². The Hall–Kier alpha value is -1.20. The summed E-state index contributed by atoms with van der Waals surface area (Å²) in [5.41, 5.74) is 1.34. The Kier molecular flexibility index (Phi) is 5.62. The molecule has 1 aromatic heterocycles. The monoisotopic (exact) mass is 318 g/mol. The van der Waals surface area contributed by atoms with Gasteiger partial charge in [-0.25, -0.2) is 0 Å². The minimum atomic E-state index is 0.607. The number of hydrogen-bond acceptors (Lipinski definition) is 3. The minimum absolute atomic E-state index is 0.607. The molecule has 2 heterocycles. The molecule has 2 aliphatic rings. The van der Waals surface area contributed by atoms with Gasteiger partial charge >= 0.3 is 0 Å². The lowest BCUT2D eigenvalue weighted by molar-refractivity contribution is 0.173. The quantitative estimate of drug-likeness (QED) is 0.865. The van der Waals surface area contributed by atoms with Crippen molar-refractivity contribution in [2.75, 3.05) is 26.2 Å². The van der Waals surface area contributed by atoms with Gasteiger partial charge in [0.05, 0.1) is 0 Å². The number of hydrogen-bond donors (Lipinski definition) is 1. The van der Waals surface area contributed by atoms with Gasteiger partial charge in [-0.1, -0.05) is 19.3 Å². The van der Waals surface area contributed by atoms with Crippen LogP contribution in [-0.4, -0.2) is 52.1 Å². The third-order valence-corrected chi connectivity index (χ3v) is 5.12. The van der Waals surface area contributed by atoms with E-state index in [1.807, 2.05) is 12.4 Å². The van der Waals surface area contributed by atoms with Gasteiger partial charge in [0.25, 0.3) is 0 Å². The van der Waals surface area contributed by atoms with Crippen molar-refractivity contribution >= 4 is 17.3 Å². The number of nitrogens with one attached hydrogen (secondary N) is 1. The zero-order valence-electron chi connectivity index (χ0n) is 13.2. The zero-order chi connectivity index (χ0) is 15.2. The molecule has 0 amide bonds. The van der Waals surface area contributed by atoms with Crippen LogP contribution in [0.15, 0.2) is 24.5 Å². The second kappa shape index (κ2) is 7.88. The van der Waals surface area contributed by atoms with E-state index < -0.39 is 0 Å². The van der Waals surface area contributed by atoms with E-state index in [4.69, 9.17) is 12.2 Å². The fourth-order valence-corrected chi connectivity index (χ4v) is 3.72. The molecule has 1 aromatic rings. The number of thiocarbonyl (C=S) groups is 1. The summed E-state index contributed by atoms with van der Waals surface area (Å²) >= 11 is 5.61. The summed E-state index contributed by atoms with van der Waals surface area (Å²) in [6.07, 6.45) is 10.4. The average Bonchev–Trinajstić information content (AvgIpc) is 2.57. The standard InChI is InChI=1S/C17H26N4S/c22-17(19-16-4-2-1-3-5-16)21-12-10-20(11-13-21)14-15-6-8-18-9-7-15/h6-9,16H,1-5,10-14H2,(H,19,22). The lowest BCUT2D eigenvalue weighted by Gasteiger charge is -2.37. The highest BCUT2D eigenvalue weighted by Gasteiger charge is 2.21. The molecule has 1 saturated carbocycles. The van der Waals surface area contributed by atoms with Crippen LogP contribution in [0.5, 0.6) is 0 Å². The van der Waals surface area contributed by atoms with Crippen LogP contribution >= 0.6 is 12.2 Å².